The van der Waals surface area contributed by atoms with E-state index in [9.17, 15) is 9.59 Å². The normalized spacial score (nSPS) is 24.3. The molecule has 0 amide bonds. The molecule has 0 N–H and O–H groups in total. The molecule has 1 aliphatic carbocycles. The summed E-state index contributed by atoms with van der Waals surface area (Å²) < 4.78 is 6.60. The zero-order chi connectivity index (χ0) is 19.8. The lowest BCUT2D eigenvalue weighted by atomic mass is 9.67. The van der Waals surface area contributed by atoms with Crippen molar-refractivity contribution >= 4 is 40.1 Å². The Labute approximate surface area is 174 Å². The smallest absolute Gasteiger partial charge is 0.315 e. The van der Waals surface area contributed by atoms with Crippen LogP contribution in [-0.2, 0) is 14.3 Å². The SMILES string of the molecule is CCCOC(=O)C1C(C)=NC2=C(C(=O)CC(C)(C)C2)[C@@H]1c1ccc(I)cc1. The average molecular weight is 479 g/mol. The van der Waals surface area contributed by atoms with Crippen LogP contribution in [0, 0.1) is 14.9 Å². The third-order valence-corrected chi connectivity index (χ3v) is 5.95. The van der Waals surface area contributed by atoms with Crippen LogP contribution in [0.3, 0.4) is 0 Å². The van der Waals surface area contributed by atoms with Gasteiger partial charge in [-0.15, -0.1) is 0 Å². The van der Waals surface area contributed by atoms with Crippen molar-refractivity contribution in [1.29, 1.82) is 0 Å². The number of allylic oxidation sites excluding steroid dienone is 2. The molecule has 0 radical (unpaired) electrons. The summed E-state index contributed by atoms with van der Waals surface area (Å²) in [5, 5.41) is 0. The van der Waals surface area contributed by atoms with Crippen molar-refractivity contribution in [2.75, 3.05) is 6.61 Å². The van der Waals surface area contributed by atoms with Crippen LogP contribution in [-0.4, -0.2) is 24.1 Å². The van der Waals surface area contributed by atoms with Crippen LogP contribution in [0.4, 0.5) is 0 Å². The number of Topliss-reactive ketones (excluding diaryl/α,β-unsaturated/α-hetero) is 1. The van der Waals surface area contributed by atoms with Gasteiger partial charge in [-0.3, -0.25) is 14.6 Å². The summed E-state index contributed by atoms with van der Waals surface area (Å²) in [5.74, 6) is -1.04. The second-order valence-electron chi connectivity index (χ2n) is 8.23. The number of ether oxygens (including phenoxy) is 1. The highest BCUT2D eigenvalue weighted by Crippen LogP contribution is 2.47. The van der Waals surface area contributed by atoms with E-state index in [1.165, 1.54) is 0 Å². The minimum Gasteiger partial charge on any atom is -0.465 e. The zero-order valence-electron chi connectivity index (χ0n) is 16.3. The molecule has 2 atom stereocenters. The summed E-state index contributed by atoms with van der Waals surface area (Å²) in [6.45, 7) is 8.43. The van der Waals surface area contributed by atoms with Gasteiger partial charge in [-0.05, 0) is 65.5 Å². The van der Waals surface area contributed by atoms with Gasteiger partial charge in [-0.25, -0.2) is 0 Å². The first-order valence-corrected chi connectivity index (χ1v) is 10.5. The van der Waals surface area contributed by atoms with E-state index in [1.807, 2.05) is 38.1 Å². The summed E-state index contributed by atoms with van der Waals surface area (Å²) in [6.07, 6.45) is 2.00. The van der Waals surface area contributed by atoms with Gasteiger partial charge < -0.3 is 4.74 Å². The zero-order valence-corrected chi connectivity index (χ0v) is 18.5. The summed E-state index contributed by atoms with van der Waals surface area (Å²) in [4.78, 5) is 30.7. The number of hydrogen-bond acceptors (Lipinski definition) is 4. The van der Waals surface area contributed by atoms with Crippen LogP contribution in [0.1, 0.15) is 58.4 Å². The number of esters is 1. The number of carbonyl (C=O) groups is 2. The van der Waals surface area contributed by atoms with Crippen molar-refractivity contribution in [3.05, 3.63) is 44.7 Å². The Bertz CT molecular complexity index is 820. The molecule has 27 heavy (non-hydrogen) atoms. The van der Waals surface area contributed by atoms with Gasteiger partial charge >= 0.3 is 5.97 Å². The molecule has 1 aromatic carbocycles. The Morgan fingerprint density at radius 1 is 1.26 bits per heavy atom. The molecule has 0 fully saturated rings. The van der Waals surface area contributed by atoms with Crippen molar-refractivity contribution in [3.63, 3.8) is 0 Å². The minimum atomic E-state index is -0.541. The van der Waals surface area contributed by atoms with Gasteiger partial charge in [0.25, 0.3) is 0 Å². The van der Waals surface area contributed by atoms with Crippen LogP contribution in [0.2, 0.25) is 0 Å². The highest BCUT2D eigenvalue weighted by Gasteiger charge is 2.45. The molecule has 4 nitrogen and oxygen atoms in total. The second-order valence-corrected chi connectivity index (χ2v) is 9.47. The molecule has 0 spiro atoms. The van der Waals surface area contributed by atoms with Crippen LogP contribution >= 0.6 is 22.6 Å². The standard InChI is InChI=1S/C22H26INO3/c1-5-10-27-21(26)18-13(2)24-16-11-22(3,4)12-17(25)20(16)19(18)14-6-8-15(23)9-7-14/h6-9,18-19H,5,10-12H2,1-4H3/t18?,19-/m1/s1. The number of aliphatic imine (C=N–C) groups is 1. The number of benzene rings is 1. The Kier molecular flexibility index (Phi) is 5.89. The van der Waals surface area contributed by atoms with Gasteiger partial charge in [-0.1, -0.05) is 32.9 Å². The molecule has 144 valence electrons. The van der Waals surface area contributed by atoms with E-state index in [4.69, 9.17) is 9.73 Å². The average Bonchev–Trinajstić information content (AvgIpc) is 2.58. The number of rotatable bonds is 4. The molecule has 5 heteroatoms. The quantitative estimate of drug-likeness (QED) is 0.448. The van der Waals surface area contributed by atoms with Gasteiger partial charge in [-0.2, -0.15) is 0 Å². The molecule has 0 saturated carbocycles. The van der Waals surface area contributed by atoms with Gasteiger partial charge in [0.2, 0.25) is 0 Å². The van der Waals surface area contributed by atoms with E-state index < -0.39 is 5.92 Å². The molecule has 1 aromatic rings. The Morgan fingerprint density at radius 2 is 1.93 bits per heavy atom. The van der Waals surface area contributed by atoms with Crippen molar-refractivity contribution in [1.82, 2.24) is 0 Å². The summed E-state index contributed by atoms with van der Waals surface area (Å²) in [5.41, 5.74) is 3.16. The Balaban J connectivity index is 2.12. The first-order chi connectivity index (χ1) is 12.7. The maximum atomic E-state index is 13.1. The van der Waals surface area contributed by atoms with Crippen LogP contribution in [0.25, 0.3) is 0 Å². The van der Waals surface area contributed by atoms with Gasteiger partial charge in [0.05, 0.1) is 6.61 Å². The lowest BCUT2D eigenvalue weighted by Gasteiger charge is -2.39. The monoisotopic (exact) mass is 479 g/mol. The summed E-state index contributed by atoms with van der Waals surface area (Å²) in [6, 6.07) is 8.07. The van der Waals surface area contributed by atoms with Crippen molar-refractivity contribution < 1.29 is 14.3 Å². The van der Waals surface area contributed by atoms with E-state index in [0.29, 0.717) is 18.6 Å². The number of hydrogen-bond donors (Lipinski definition) is 0. The number of carbonyl (C=O) groups excluding carboxylic acids is 2. The lowest BCUT2D eigenvalue weighted by Crippen LogP contribution is -2.39. The molecule has 1 aliphatic heterocycles. The predicted molar refractivity (Wildman–Crippen MR) is 115 cm³/mol. The molecular weight excluding hydrogens is 453 g/mol. The highest BCUT2D eigenvalue weighted by atomic mass is 127. The van der Waals surface area contributed by atoms with E-state index in [1.54, 1.807) is 0 Å². The molecule has 2 aliphatic rings. The van der Waals surface area contributed by atoms with Crippen molar-refractivity contribution in [2.45, 2.75) is 52.9 Å². The number of ketones is 1. The molecule has 1 heterocycles. The third-order valence-electron chi connectivity index (χ3n) is 5.23. The maximum absolute atomic E-state index is 13.1. The second kappa shape index (κ2) is 7.86. The molecular formula is C22H26INO3. The Morgan fingerprint density at radius 3 is 2.56 bits per heavy atom. The van der Waals surface area contributed by atoms with E-state index in [0.717, 1.165) is 33.4 Å². The molecule has 0 aromatic heterocycles. The molecule has 1 unspecified atom stereocenters. The van der Waals surface area contributed by atoms with Gasteiger partial charge in [0.15, 0.2) is 5.78 Å². The van der Waals surface area contributed by atoms with Crippen LogP contribution < -0.4 is 0 Å². The highest BCUT2D eigenvalue weighted by molar-refractivity contribution is 14.1. The van der Waals surface area contributed by atoms with Crippen LogP contribution in [0.15, 0.2) is 40.5 Å². The largest absolute Gasteiger partial charge is 0.465 e. The van der Waals surface area contributed by atoms with E-state index in [-0.39, 0.29) is 23.1 Å². The lowest BCUT2D eigenvalue weighted by molar-refractivity contribution is -0.146. The fourth-order valence-electron chi connectivity index (χ4n) is 4.07. The van der Waals surface area contributed by atoms with Crippen molar-refractivity contribution in [3.8, 4) is 0 Å². The molecule has 3 rings (SSSR count). The third kappa shape index (κ3) is 4.18. The van der Waals surface area contributed by atoms with Crippen LogP contribution in [0.5, 0.6) is 0 Å². The molecule has 0 bridgehead atoms. The first-order valence-electron chi connectivity index (χ1n) is 9.47. The predicted octanol–water partition coefficient (Wildman–Crippen LogP) is 5.06. The number of halogens is 1. The van der Waals surface area contributed by atoms with Gasteiger partial charge in [0.1, 0.15) is 5.92 Å². The fraction of sp³-hybridized carbons (Fsp3) is 0.500. The number of nitrogens with zero attached hydrogens (tertiary/aromatic N) is 1. The topological polar surface area (TPSA) is 55.7 Å². The van der Waals surface area contributed by atoms with E-state index >= 15 is 0 Å². The summed E-state index contributed by atoms with van der Waals surface area (Å²) >= 11 is 2.26. The van der Waals surface area contributed by atoms with Crippen molar-refractivity contribution in [2.24, 2.45) is 16.3 Å². The fourth-order valence-corrected chi connectivity index (χ4v) is 4.43. The van der Waals surface area contributed by atoms with E-state index in [2.05, 4.69) is 36.4 Å². The maximum Gasteiger partial charge on any atom is 0.315 e. The molecule has 0 saturated heterocycles. The first kappa shape index (κ1) is 20.2. The minimum absolute atomic E-state index is 0.105. The Hall–Kier alpha value is -1.50. The van der Waals surface area contributed by atoms with Gasteiger partial charge in [0, 0.05) is 32.9 Å². The summed E-state index contributed by atoms with van der Waals surface area (Å²) in [7, 11) is 0.